The lowest BCUT2D eigenvalue weighted by molar-refractivity contribution is 0.641. The molecule has 4 rings (SSSR count). The number of hydrogen-bond acceptors (Lipinski definition) is 4. The Morgan fingerprint density at radius 3 is 1.19 bits per heavy atom. The Kier molecular flexibility index (Phi) is 5.07. The fourth-order valence-corrected chi connectivity index (χ4v) is 3.88. The van der Waals surface area contributed by atoms with Crippen molar-refractivity contribution in [3.8, 4) is 22.3 Å². The van der Waals surface area contributed by atoms with Crippen molar-refractivity contribution in [3.05, 3.63) is 96.1 Å². The summed E-state index contributed by atoms with van der Waals surface area (Å²) in [5.74, 6) is 0. The maximum atomic E-state index is 6.32. The van der Waals surface area contributed by atoms with Crippen LogP contribution >= 0.6 is 0 Å². The van der Waals surface area contributed by atoms with Crippen LogP contribution < -0.4 is 22.9 Å². The van der Waals surface area contributed by atoms with E-state index in [4.69, 9.17) is 22.9 Å². The summed E-state index contributed by atoms with van der Waals surface area (Å²) in [7, 11) is 0. The van der Waals surface area contributed by atoms with Gasteiger partial charge >= 0.3 is 0 Å². The molecule has 156 valence electrons. The average Bonchev–Trinajstić information content (AvgIpc) is 2.75. The predicted octanol–water partition coefficient (Wildman–Crippen LogP) is 5.68. The highest BCUT2D eigenvalue weighted by Gasteiger charge is 2.25. The van der Waals surface area contributed by atoms with Crippen molar-refractivity contribution < 1.29 is 0 Å². The Balaban J connectivity index is 1.78. The third-order valence-electron chi connectivity index (χ3n) is 5.99. The molecule has 0 radical (unpaired) electrons. The molecule has 0 spiro atoms. The van der Waals surface area contributed by atoms with Gasteiger partial charge in [-0.25, -0.2) is 0 Å². The number of anilines is 4. The van der Waals surface area contributed by atoms with Gasteiger partial charge in [-0.15, -0.1) is 0 Å². The molecule has 4 aromatic carbocycles. The molecule has 0 aromatic heterocycles. The quantitative estimate of drug-likeness (QED) is 0.326. The van der Waals surface area contributed by atoms with Crippen LogP contribution in [0.2, 0.25) is 0 Å². The lowest BCUT2D eigenvalue weighted by atomic mass is 9.76. The van der Waals surface area contributed by atoms with E-state index in [0.29, 0.717) is 0 Å². The van der Waals surface area contributed by atoms with Crippen molar-refractivity contribution in [1.82, 2.24) is 0 Å². The number of nitrogens with two attached hydrogens (primary N) is 4. The second-order valence-electron chi connectivity index (χ2n) is 8.47. The van der Waals surface area contributed by atoms with Crippen molar-refractivity contribution in [2.24, 2.45) is 0 Å². The molecule has 0 saturated heterocycles. The predicted molar refractivity (Wildman–Crippen MR) is 134 cm³/mol. The molecule has 0 amide bonds. The summed E-state index contributed by atoms with van der Waals surface area (Å²) in [6.07, 6.45) is 0. The molecule has 0 aliphatic heterocycles. The monoisotopic (exact) mass is 408 g/mol. The van der Waals surface area contributed by atoms with E-state index in [2.05, 4.69) is 38.1 Å². The summed E-state index contributed by atoms with van der Waals surface area (Å²) < 4.78 is 0. The second kappa shape index (κ2) is 7.73. The van der Waals surface area contributed by atoms with Crippen molar-refractivity contribution in [2.75, 3.05) is 22.9 Å². The number of benzene rings is 4. The minimum Gasteiger partial charge on any atom is -0.399 e. The fraction of sp³-hybridized carbons (Fsp3) is 0.111. The van der Waals surface area contributed by atoms with Crippen LogP contribution in [0.1, 0.15) is 25.0 Å². The molecule has 4 heteroatoms. The maximum absolute atomic E-state index is 6.32. The SMILES string of the molecule is CC(C)(c1ccc(N)c(-c2ccc(N)cc2)c1)c1ccc(N)c(-c2ccc(N)cc2)c1. The number of hydrogen-bond donors (Lipinski definition) is 4. The van der Waals surface area contributed by atoms with Crippen LogP contribution in [-0.2, 0) is 5.41 Å². The van der Waals surface area contributed by atoms with Gasteiger partial charge in [-0.2, -0.15) is 0 Å². The minimum atomic E-state index is -0.257. The molecule has 8 N–H and O–H groups in total. The summed E-state index contributed by atoms with van der Waals surface area (Å²) in [4.78, 5) is 0. The van der Waals surface area contributed by atoms with Crippen LogP contribution in [0.15, 0.2) is 84.9 Å². The van der Waals surface area contributed by atoms with Gasteiger partial charge in [0.25, 0.3) is 0 Å². The van der Waals surface area contributed by atoms with Crippen molar-refractivity contribution in [3.63, 3.8) is 0 Å². The van der Waals surface area contributed by atoms with Gasteiger partial charge in [0.1, 0.15) is 0 Å². The van der Waals surface area contributed by atoms with E-state index in [-0.39, 0.29) is 5.41 Å². The molecule has 31 heavy (non-hydrogen) atoms. The molecule has 0 atom stereocenters. The topological polar surface area (TPSA) is 104 Å². The Hall–Kier alpha value is -3.92. The van der Waals surface area contributed by atoms with Crippen molar-refractivity contribution >= 4 is 22.7 Å². The first-order valence-electron chi connectivity index (χ1n) is 10.3. The van der Waals surface area contributed by atoms with E-state index in [9.17, 15) is 0 Å². The first-order valence-corrected chi connectivity index (χ1v) is 10.3. The first-order chi connectivity index (χ1) is 14.8. The highest BCUT2D eigenvalue weighted by atomic mass is 14.6. The molecular weight excluding hydrogens is 380 g/mol. The van der Waals surface area contributed by atoms with Gasteiger partial charge in [-0.1, -0.05) is 50.2 Å². The number of rotatable bonds is 4. The Morgan fingerprint density at radius 2 is 0.839 bits per heavy atom. The van der Waals surface area contributed by atoms with Crippen molar-refractivity contribution in [2.45, 2.75) is 19.3 Å². The minimum absolute atomic E-state index is 0.257. The van der Waals surface area contributed by atoms with Gasteiger partial charge in [-0.05, 0) is 70.8 Å². The molecule has 0 unspecified atom stereocenters. The molecule has 0 aliphatic carbocycles. The van der Waals surface area contributed by atoms with Crippen LogP contribution in [0.4, 0.5) is 22.7 Å². The van der Waals surface area contributed by atoms with Crippen LogP contribution in [0.5, 0.6) is 0 Å². The molecule has 0 aliphatic rings. The van der Waals surface area contributed by atoms with Crippen LogP contribution in [-0.4, -0.2) is 0 Å². The summed E-state index contributed by atoms with van der Waals surface area (Å²) in [6, 6.07) is 28.0. The van der Waals surface area contributed by atoms with Gasteiger partial charge in [-0.3, -0.25) is 0 Å². The molecule has 0 saturated carbocycles. The van der Waals surface area contributed by atoms with E-state index >= 15 is 0 Å². The summed E-state index contributed by atoms with van der Waals surface area (Å²) in [5.41, 5.74) is 33.4. The molecule has 0 heterocycles. The standard InChI is InChI=1S/C27H28N4/c1-27(2,19-7-13-25(30)23(15-19)17-3-9-21(28)10-4-17)20-8-14-26(31)24(16-20)18-5-11-22(29)12-6-18/h3-16H,28-31H2,1-2H3. The zero-order chi connectivity index (χ0) is 22.2. The second-order valence-corrected chi connectivity index (χ2v) is 8.47. The largest absolute Gasteiger partial charge is 0.399 e. The molecule has 4 aromatic rings. The van der Waals surface area contributed by atoms with E-state index in [1.54, 1.807) is 0 Å². The smallest absolute Gasteiger partial charge is 0.0393 e. The number of nitrogen functional groups attached to an aromatic ring is 4. The van der Waals surface area contributed by atoms with Gasteiger partial charge in [0.05, 0.1) is 0 Å². The lowest BCUT2D eigenvalue weighted by Gasteiger charge is -2.28. The first kappa shape index (κ1) is 20.4. The summed E-state index contributed by atoms with van der Waals surface area (Å²) >= 11 is 0. The van der Waals surface area contributed by atoms with Gasteiger partial charge in [0.15, 0.2) is 0 Å². The Morgan fingerprint density at radius 1 is 0.484 bits per heavy atom. The molecule has 0 bridgehead atoms. The van der Waals surface area contributed by atoms with Gasteiger partial charge < -0.3 is 22.9 Å². The third kappa shape index (κ3) is 3.92. The van der Waals surface area contributed by atoms with Gasteiger partial charge in [0, 0.05) is 39.3 Å². The molecule has 0 fully saturated rings. The Labute approximate surface area is 183 Å². The lowest BCUT2D eigenvalue weighted by Crippen LogP contribution is -2.19. The zero-order valence-corrected chi connectivity index (χ0v) is 17.9. The van der Waals surface area contributed by atoms with E-state index < -0.39 is 0 Å². The highest BCUT2D eigenvalue weighted by molar-refractivity contribution is 5.80. The Bertz CT molecular complexity index is 1130. The van der Waals surface area contributed by atoms with E-state index in [1.807, 2.05) is 60.7 Å². The van der Waals surface area contributed by atoms with E-state index in [0.717, 1.165) is 45.0 Å². The maximum Gasteiger partial charge on any atom is 0.0393 e. The molecule has 4 nitrogen and oxygen atoms in total. The average molecular weight is 409 g/mol. The van der Waals surface area contributed by atoms with Crippen LogP contribution in [0.3, 0.4) is 0 Å². The third-order valence-corrected chi connectivity index (χ3v) is 5.99. The van der Waals surface area contributed by atoms with E-state index in [1.165, 1.54) is 11.1 Å². The fourth-order valence-electron chi connectivity index (χ4n) is 3.88. The summed E-state index contributed by atoms with van der Waals surface area (Å²) in [6.45, 7) is 4.42. The normalized spacial score (nSPS) is 11.4. The van der Waals surface area contributed by atoms with Crippen LogP contribution in [0.25, 0.3) is 22.3 Å². The van der Waals surface area contributed by atoms with Crippen LogP contribution in [0, 0.1) is 0 Å². The zero-order valence-electron chi connectivity index (χ0n) is 17.9. The highest BCUT2D eigenvalue weighted by Crippen LogP contribution is 2.39. The molecular formula is C27H28N4. The summed E-state index contributed by atoms with van der Waals surface area (Å²) in [5, 5.41) is 0. The van der Waals surface area contributed by atoms with Gasteiger partial charge in [0.2, 0.25) is 0 Å². The van der Waals surface area contributed by atoms with Crippen molar-refractivity contribution in [1.29, 1.82) is 0 Å².